The number of methoxy groups -OCH3 is 1. The molecule has 2 aromatic carbocycles. The van der Waals surface area contributed by atoms with E-state index in [1.807, 2.05) is 30.3 Å². The van der Waals surface area contributed by atoms with Gasteiger partial charge in [-0.1, -0.05) is 30.3 Å². The van der Waals surface area contributed by atoms with E-state index in [-0.39, 0.29) is 11.9 Å². The number of hydrogen-bond acceptors (Lipinski definition) is 2. The van der Waals surface area contributed by atoms with E-state index in [1.54, 1.807) is 19.2 Å². The average Bonchev–Trinajstić information content (AvgIpc) is 2.41. The van der Waals surface area contributed by atoms with Crippen LogP contribution in [0.3, 0.4) is 0 Å². The molecule has 0 fully saturated rings. The van der Waals surface area contributed by atoms with Crippen LogP contribution in [0, 0.1) is 5.82 Å². The molecular formula is C15H16FNO. The molecule has 0 aromatic heterocycles. The van der Waals surface area contributed by atoms with Gasteiger partial charge in [0.05, 0.1) is 7.11 Å². The highest BCUT2D eigenvalue weighted by Crippen LogP contribution is 2.21. The van der Waals surface area contributed by atoms with E-state index < -0.39 is 0 Å². The predicted molar refractivity (Wildman–Crippen MR) is 70.0 cm³/mol. The standard InChI is InChI=1S/C15H16FNO/c1-18-13-7-4-6-12(9-13)15(17)10-11-5-2-3-8-14(11)16/h2-9,15H,10,17H2,1H3. The number of halogens is 1. The highest BCUT2D eigenvalue weighted by molar-refractivity contribution is 5.31. The molecule has 0 bridgehead atoms. The first-order valence-electron chi connectivity index (χ1n) is 5.83. The Morgan fingerprint density at radius 2 is 1.94 bits per heavy atom. The van der Waals surface area contributed by atoms with Gasteiger partial charge in [0.25, 0.3) is 0 Å². The van der Waals surface area contributed by atoms with Gasteiger partial charge in [0.2, 0.25) is 0 Å². The molecule has 0 saturated carbocycles. The van der Waals surface area contributed by atoms with Gasteiger partial charge in [0, 0.05) is 6.04 Å². The van der Waals surface area contributed by atoms with Crippen LogP contribution in [0.25, 0.3) is 0 Å². The molecular weight excluding hydrogens is 229 g/mol. The van der Waals surface area contributed by atoms with Gasteiger partial charge in [-0.05, 0) is 35.7 Å². The lowest BCUT2D eigenvalue weighted by Crippen LogP contribution is -2.14. The summed E-state index contributed by atoms with van der Waals surface area (Å²) in [6.07, 6.45) is 0.472. The normalized spacial score (nSPS) is 12.2. The van der Waals surface area contributed by atoms with Crippen molar-refractivity contribution >= 4 is 0 Å². The maximum atomic E-state index is 13.5. The molecule has 0 aliphatic heterocycles. The fourth-order valence-electron chi connectivity index (χ4n) is 1.89. The molecule has 0 aliphatic carbocycles. The van der Waals surface area contributed by atoms with Gasteiger partial charge in [-0.2, -0.15) is 0 Å². The Morgan fingerprint density at radius 1 is 1.17 bits per heavy atom. The van der Waals surface area contributed by atoms with Gasteiger partial charge < -0.3 is 10.5 Å². The summed E-state index contributed by atoms with van der Waals surface area (Å²) in [4.78, 5) is 0. The third kappa shape index (κ3) is 2.87. The predicted octanol–water partition coefficient (Wildman–Crippen LogP) is 3.08. The van der Waals surface area contributed by atoms with E-state index in [4.69, 9.17) is 10.5 Å². The molecule has 2 rings (SSSR count). The Hall–Kier alpha value is -1.87. The lowest BCUT2D eigenvalue weighted by atomic mass is 9.99. The summed E-state index contributed by atoms with van der Waals surface area (Å²) in [7, 11) is 1.61. The molecule has 2 nitrogen and oxygen atoms in total. The lowest BCUT2D eigenvalue weighted by Gasteiger charge is -2.13. The minimum Gasteiger partial charge on any atom is -0.497 e. The largest absolute Gasteiger partial charge is 0.497 e. The molecule has 1 unspecified atom stereocenters. The van der Waals surface area contributed by atoms with Crippen LogP contribution in [0.1, 0.15) is 17.2 Å². The van der Waals surface area contributed by atoms with Gasteiger partial charge in [0.15, 0.2) is 0 Å². The second-order valence-corrected chi connectivity index (χ2v) is 4.18. The molecule has 18 heavy (non-hydrogen) atoms. The Balaban J connectivity index is 2.16. The second kappa shape index (κ2) is 5.65. The van der Waals surface area contributed by atoms with Gasteiger partial charge in [-0.3, -0.25) is 0 Å². The first-order chi connectivity index (χ1) is 8.70. The molecule has 2 aromatic rings. The van der Waals surface area contributed by atoms with E-state index >= 15 is 0 Å². The minimum absolute atomic E-state index is 0.212. The van der Waals surface area contributed by atoms with E-state index in [0.717, 1.165) is 11.3 Å². The van der Waals surface area contributed by atoms with Crippen LogP contribution in [0.4, 0.5) is 4.39 Å². The third-order valence-corrected chi connectivity index (χ3v) is 2.92. The van der Waals surface area contributed by atoms with Crippen LogP contribution in [0.15, 0.2) is 48.5 Å². The van der Waals surface area contributed by atoms with Crippen molar-refractivity contribution < 1.29 is 9.13 Å². The van der Waals surface area contributed by atoms with Crippen molar-refractivity contribution in [1.29, 1.82) is 0 Å². The summed E-state index contributed by atoms with van der Waals surface area (Å²) in [5.41, 5.74) is 7.67. The third-order valence-electron chi connectivity index (χ3n) is 2.92. The highest BCUT2D eigenvalue weighted by atomic mass is 19.1. The number of ether oxygens (including phenoxy) is 1. The maximum Gasteiger partial charge on any atom is 0.126 e. The zero-order chi connectivity index (χ0) is 13.0. The van der Waals surface area contributed by atoms with Crippen molar-refractivity contribution in [2.75, 3.05) is 7.11 Å². The molecule has 0 aliphatic rings. The Bertz CT molecular complexity index is 527. The second-order valence-electron chi connectivity index (χ2n) is 4.18. The van der Waals surface area contributed by atoms with E-state index in [1.165, 1.54) is 6.07 Å². The average molecular weight is 245 g/mol. The van der Waals surface area contributed by atoms with Gasteiger partial charge >= 0.3 is 0 Å². The Labute approximate surface area is 106 Å². The SMILES string of the molecule is COc1cccc(C(N)Cc2ccccc2F)c1. The molecule has 0 heterocycles. The van der Waals surface area contributed by atoms with Crippen molar-refractivity contribution in [3.63, 3.8) is 0 Å². The monoisotopic (exact) mass is 245 g/mol. The van der Waals surface area contributed by atoms with Crippen LogP contribution in [-0.2, 0) is 6.42 Å². The fourth-order valence-corrected chi connectivity index (χ4v) is 1.89. The van der Waals surface area contributed by atoms with Crippen molar-refractivity contribution in [1.82, 2.24) is 0 Å². The van der Waals surface area contributed by atoms with Crippen molar-refractivity contribution in [3.8, 4) is 5.75 Å². The van der Waals surface area contributed by atoms with Gasteiger partial charge in [0.1, 0.15) is 11.6 Å². The first kappa shape index (κ1) is 12.6. The quantitative estimate of drug-likeness (QED) is 0.898. The molecule has 0 amide bonds. The molecule has 0 spiro atoms. The maximum absolute atomic E-state index is 13.5. The molecule has 1 atom stereocenters. The van der Waals surface area contributed by atoms with Crippen LogP contribution >= 0.6 is 0 Å². The minimum atomic E-state index is -0.239. The zero-order valence-electron chi connectivity index (χ0n) is 10.3. The number of benzene rings is 2. The van der Waals surface area contributed by atoms with Crippen molar-refractivity contribution in [2.24, 2.45) is 5.73 Å². The van der Waals surface area contributed by atoms with Gasteiger partial charge in [-0.15, -0.1) is 0 Å². The Morgan fingerprint density at radius 3 is 2.67 bits per heavy atom. The smallest absolute Gasteiger partial charge is 0.126 e. The summed E-state index contributed by atoms with van der Waals surface area (Å²) in [6.45, 7) is 0. The molecule has 0 saturated heterocycles. The van der Waals surface area contributed by atoms with Crippen LogP contribution in [-0.4, -0.2) is 7.11 Å². The summed E-state index contributed by atoms with van der Waals surface area (Å²) < 4.78 is 18.7. The van der Waals surface area contributed by atoms with Crippen LogP contribution in [0.5, 0.6) is 5.75 Å². The topological polar surface area (TPSA) is 35.2 Å². The number of hydrogen-bond donors (Lipinski definition) is 1. The van der Waals surface area contributed by atoms with E-state index in [9.17, 15) is 4.39 Å². The summed E-state index contributed by atoms with van der Waals surface area (Å²) in [5, 5.41) is 0. The van der Waals surface area contributed by atoms with Crippen LogP contribution < -0.4 is 10.5 Å². The first-order valence-corrected chi connectivity index (χ1v) is 5.83. The molecule has 94 valence electrons. The fraction of sp³-hybridized carbons (Fsp3) is 0.200. The van der Waals surface area contributed by atoms with E-state index in [2.05, 4.69) is 0 Å². The summed E-state index contributed by atoms with van der Waals surface area (Å²) >= 11 is 0. The van der Waals surface area contributed by atoms with Gasteiger partial charge in [-0.25, -0.2) is 4.39 Å². The number of nitrogens with two attached hydrogens (primary N) is 1. The molecule has 0 radical (unpaired) electrons. The number of rotatable bonds is 4. The highest BCUT2D eigenvalue weighted by Gasteiger charge is 2.10. The van der Waals surface area contributed by atoms with E-state index in [0.29, 0.717) is 12.0 Å². The molecule has 2 N–H and O–H groups in total. The summed E-state index contributed by atoms with van der Waals surface area (Å²) in [6, 6.07) is 14.0. The van der Waals surface area contributed by atoms with Crippen LogP contribution in [0.2, 0.25) is 0 Å². The van der Waals surface area contributed by atoms with Crippen molar-refractivity contribution in [3.05, 3.63) is 65.5 Å². The zero-order valence-corrected chi connectivity index (χ0v) is 10.3. The molecule has 3 heteroatoms. The Kier molecular flexibility index (Phi) is 3.95. The lowest BCUT2D eigenvalue weighted by molar-refractivity contribution is 0.413. The summed E-state index contributed by atoms with van der Waals surface area (Å²) in [5.74, 6) is 0.548. The van der Waals surface area contributed by atoms with Crippen molar-refractivity contribution in [2.45, 2.75) is 12.5 Å².